The lowest BCUT2D eigenvalue weighted by molar-refractivity contribution is -0.121. The molecule has 1 amide bonds. The average Bonchev–Trinajstić information content (AvgIpc) is 1.93. The van der Waals surface area contributed by atoms with Crippen molar-refractivity contribution in [3.05, 3.63) is 0 Å². The van der Waals surface area contributed by atoms with Crippen molar-refractivity contribution in [3.63, 3.8) is 0 Å². The third-order valence-corrected chi connectivity index (χ3v) is 1.83. The third kappa shape index (κ3) is 3.90. The number of ether oxygens (including phenoxy) is 1. The molecule has 1 aliphatic rings. The summed E-state index contributed by atoms with van der Waals surface area (Å²) >= 11 is 0. The number of halogens is 1. The Hall–Kier alpha value is -0.320. The Bertz CT molecular complexity index is 146. The molecule has 1 heterocycles. The van der Waals surface area contributed by atoms with Crippen LogP contribution in [0.2, 0.25) is 0 Å². The van der Waals surface area contributed by atoms with Crippen molar-refractivity contribution in [1.82, 2.24) is 0 Å². The van der Waals surface area contributed by atoms with Crippen molar-refractivity contribution < 1.29 is 9.53 Å². The maximum absolute atomic E-state index is 10.5. The summed E-state index contributed by atoms with van der Waals surface area (Å²) < 4.78 is 5.28. The van der Waals surface area contributed by atoms with Crippen LogP contribution in [-0.2, 0) is 9.53 Å². The minimum Gasteiger partial charge on any atom is -0.376 e. The van der Waals surface area contributed by atoms with Crippen molar-refractivity contribution in [2.45, 2.75) is 31.4 Å². The van der Waals surface area contributed by atoms with Crippen LogP contribution in [0.1, 0.15) is 19.3 Å². The Kier molecular flexibility index (Phi) is 5.20. The van der Waals surface area contributed by atoms with Gasteiger partial charge in [-0.15, -0.1) is 12.4 Å². The van der Waals surface area contributed by atoms with Crippen molar-refractivity contribution in [3.8, 4) is 0 Å². The first kappa shape index (κ1) is 11.7. The molecule has 2 atom stereocenters. The van der Waals surface area contributed by atoms with E-state index in [0.29, 0.717) is 13.0 Å². The fourth-order valence-corrected chi connectivity index (χ4v) is 1.21. The Labute approximate surface area is 78.0 Å². The van der Waals surface area contributed by atoms with E-state index < -0.39 is 0 Å². The van der Waals surface area contributed by atoms with Gasteiger partial charge in [-0.3, -0.25) is 4.79 Å². The molecule has 1 fully saturated rings. The number of primary amides is 1. The van der Waals surface area contributed by atoms with E-state index in [2.05, 4.69) is 0 Å². The molecule has 0 radical (unpaired) electrons. The largest absolute Gasteiger partial charge is 0.376 e. The van der Waals surface area contributed by atoms with Gasteiger partial charge in [0.25, 0.3) is 0 Å². The number of hydrogen-bond acceptors (Lipinski definition) is 3. The van der Waals surface area contributed by atoms with E-state index in [4.69, 9.17) is 16.2 Å². The third-order valence-electron chi connectivity index (χ3n) is 1.83. The minimum atomic E-state index is -0.300. The van der Waals surface area contributed by atoms with Crippen molar-refractivity contribution >= 4 is 18.3 Å². The molecule has 0 aliphatic carbocycles. The van der Waals surface area contributed by atoms with Crippen LogP contribution in [0.15, 0.2) is 0 Å². The average molecular weight is 195 g/mol. The summed E-state index contributed by atoms with van der Waals surface area (Å²) in [6.45, 7) is 0.554. The van der Waals surface area contributed by atoms with Crippen molar-refractivity contribution in [2.75, 3.05) is 6.61 Å². The van der Waals surface area contributed by atoms with Crippen LogP contribution in [-0.4, -0.2) is 24.7 Å². The quantitative estimate of drug-likeness (QED) is 0.639. The normalized spacial score (nSPS) is 29.1. The van der Waals surface area contributed by atoms with Crippen molar-refractivity contribution in [2.24, 2.45) is 11.5 Å². The molecular weight excluding hydrogens is 180 g/mol. The number of carbonyl (C=O) groups excluding carboxylic acids is 1. The SMILES string of the molecule is Cl.NC(=O)C[C@@H]1CC[C@@H](N)CO1. The van der Waals surface area contributed by atoms with E-state index in [1.807, 2.05) is 0 Å². The van der Waals surface area contributed by atoms with Gasteiger partial charge in [0, 0.05) is 6.04 Å². The summed E-state index contributed by atoms with van der Waals surface area (Å²) in [5.41, 5.74) is 10.6. The Morgan fingerprint density at radius 1 is 1.50 bits per heavy atom. The maximum atomic E-state index is 10.5. The lowest BCUT2D eigenvalue weighted by Gasteiger charge is -2.25. The van der Waals surface area contributed by atoms with E-state index >= 15 is 0 Å². The van der Waals surface area contributed by atoms with Gasteiger partial charge in [0.1, 0.15) is 0 Å². The van der Waals surface area contributed by atoms with Crippen LogP contribution >= 0.6 is 12.4 Å². The zero-order valence-corrected chi connectivity index (χ0v) is 7.68. The first-order valence-corrected chi connectivity index (χ1v) is 3.84. The van der Waals surface area contributed by atoms with Crippen LogP contribution in [0.25, 0.3) is 0 Å². The zero-order chi connectivity index (χ0) is 8.27. The topological polar surface area (TPSA) is 78.3 Å². The van der Waals surface area contributed by atoms with E-state index in [1.165, 1.54) is 0 Å². The highest BCUT2D eigenvalue weighted by Crippen LogP contribution is 2.14. The second-order valence-corrected chi connectivity index (χ2v) is 2.96. The Morgan fingerprint density at radius 3 is 2.58 bits per heavy atom. The fraction of sp³-hybridized carbons (Fsp3) is 0.857. The molecule has 1 aliphatic heterocycles. The summed E-state index contributed by atoms with van der Waals surface area (Å²) in [6, 6.07) is 0.138. The molecule has 0 bridgehead atoms. The number of hydrogen-bond donors (Lipinski definition) is 2. The second kappa shape index (κ2) is 5.35. The predicted molar refractivity (Wildman–Crippen MR) is 48.0 cm³/mol. The number of amides is 1. The molecule has 1 rings (SSSR count). The second-order valence-electron chi connectivity index (χ2n) is 2.96. The highest BCUT2D eigenvalue weighted by atomic mass is 35.5. The van der Waals surface area contributed by atoms with Crippen LogP contribution < -0.4 is 11.5 Å². The molecule has 1 saturated heterocycles. The lowest BCUT2D eigenvalue weighted by atomic mass is 10.0. The number of nitrogens with two attached hydrogens (primary N) is 2. The van der Waals surface area contributed by atoms with Gasteiger partial charge in [-0.25, -0.2) is 0 Å². The summed E-state index contributed by atoms with van der Waals surface area (Å²) in [7, 11) is 0. The summed E-state index contributed by atoms with van der Waals surface area (Å²) in [5.74, 6) is -0.300. The van der Waals surface area contributed by atoms with Gasteiger partial charge in [-0.2, -0.15) is 0 Å². The molecule has 0 aromatic rings. The minimum absolute atomic E-state index is 0. The number of carbonyl (C=O) groups is 1. The van der Waals surface area contributed by atoms with Gasteiger partial charge in [0.05, 0.1) is 19.1 Å². The summed E-state index contributed by atoms with van der Waals surface area (Å²) in [6.07, 6.45) is 2.11. The number of rotatable bonds is 2. The molecule has 0 aromatic heterocycles. The van der Waals surface area contributed by atoms with Crippen LogP contribution in [0.4, 0.5) is 0 Å². The van der Waals surface area contributed by atoms with Gasteiger partial charge >= 0.3 is 0 Å². The van der Waals surface area contributed by atoms with E-state index in [1.54, 1.807) is 0 Å². The van der Waals surface area contributed by atoms with E-state index in [0.717, 1.165) is 12.8 Å². The van der Waals surface area contributed by atoms with E-state index in [-0.39, 0.29) is 30.5 Å². The van der Waals surface area contributed by atoms with E-state index in [9.17, 15) is 4.79 Å². The molecule has 0 spiro atoms. The van der Waals surface area contributed by atoms with Gasteiger partial charge in [0.15, 0.2) is 0 Å². The van der Waals surface area contributed by atoms with Gasteiger partial charge in [-0.05, 0) is 12.8 Å². The van der Waals surface area contributed by atoms with Gasteiger partial charge in [0.2, 0.25) is 5.91 Å². The highest BCUT2D eigenvalue weighted by Gasteiger charge is 2.20. The lowest BCUT2D eigenvalue weighted by Crippen LogP contribution is -2.37. The molecule has 0 aromatic carbocycles. The monoisotopic (exact) mass is 194 g/mol. The molecule has 4 N–H and O–H groups in total. The Balaban J connectivity index is 0.00000121. The smallest absolute Gasteiger partial charge is 0.220 e. The van der Waals surface area contributed by atoms with Gasteiger partial charge in [-0.1, -0.05) is 0 Å². The maximum Gasteiger partial charge on any atom is 0.220 e. The molecule has 72 valence electrons. The Morgan fingerprint density at radius 2 is 2.17 bits per heavy atom. The zero-order valence-electron chi connectivity index (χ0n) is 6.86. The molecular formula is C7H15ClN2O2. The van der Waals surface area contributed by atoms with Gasteiger partial charge < -0.3 is 16.2 Å². The van der Waals surface area contributed by atoms with Crippen LogP contribution in [0.5, 0.6) is 0 Å². The molecule has 0 unspecified atom stereocenters. The predicted octanol–water partition coefficient (Wildman–Crippen LogP) is -0.210. The van der Waals surface area contributed by atoms with Crippen LogP contribution in [0.3, 0.4) is 0 Å². The first-order valence-electron chi connectivity index (χ1n) is 3.84. The fourth-order valence-electron chi connectivity index (χ4n) is 1.21. The summed E-state index contributed by atoms with van der Waals surface area (Å²) in [4.78, 5) is 10.5. The molecule has 0 saturated carbocycles. The first-order chi connectivity index (χ1) is 5.18. The molecule has 12 heavy (non-hydrogen) atoms. The molecule has 5 heteroatoms. The highest BCUT2D eigenvalue weighted by molar-refractivity contribution is 5.85. The molecule has 4 nitrogen and oxygen atoms in total. The van der Waals surface area contributed by atoms with Crippen molar-refractivity contribution in [1.29, 1.82) is 0 Å². The summed E-state index contributed by atoms with van der Waals surface area (Å²) in [5, 5.41) is 0. The van der Waals surface area contributed by atoms with Crippen LogP contribution in [0, 0.1) is 0 Å². The standard InChI is InChI=1S/C7H14N2O2.ClH/c8-5-1-2-6(11-4-5)3-7(9)10;/h5-6H,1-4,8H2,(H2,9,10);1H/t5-,6+;/m1./s1.